The van der Waals surface area contributed by atoms with E-state index in [2.05, 4.69) is 28.7 Å². The van der Waals surface area contributed by atoms with Gasteiger partial charge in [-0.3, -0.25) is 4.79 Å². The molecule has 2 atom stereocenters. The smallest absolute Gasteiger partial charge is 0.227 e. The first-order valence-corrected chi connectivity index (χ1v) is 11.7. The van der Waals surface area contributed by atoms with Crippen molar-refractivity contribution in [1.82, 2.24) is 9.62 Å². The van der Waals surface area contributed by atoms with Crippen molar-refractivity contribution >= 4 is 40.8 Å². The number of amides is 1. The lowest BCUT2D eigenvalue weighted by Gasteiger charge is -2.29. The Morgan fingerprint density at radius 1 is 1.31 bits per heavy atom. The lowest BCUT2D eigenvalue weighted by molar-refractivity contribution is -0.125. The largest absolute Gasteiger partial charge is 0.333 e. The van der Waals surface area contributed by atoms with E-state index in [4.69, 9.17) is 11.6 Å². The van der Waals surface area contributed by atoms with Gasteiger partial charge in [0.1, 0.15) is 0 Å². The Balaban J connectivity index is 1.32. The lowest BCUT2D eigenvalue weighted by atomic mass is 9.97. The maximum absolute atomic E-state index is 12.4. The van der Waals surface area contributed by atoms with E-state index >= 15 is 0 Å². The molecule has 0 radical (unpaired) electrons. The quantitative estimate of drug-likeness (QED) is 0.560. The fourth-order valence-electron chi connectivity index (χ4n) is 3.97. The minimum Gasteiger partial charge on any atom is -0.333 e. The van der Waals surface area contributed by atoms with Crippen LogP contribution in [0.1, 0.15) is 51.9 Å². The Hall–Kier alpha value is -0.490. The van der Waals surface area contributed by atoms with Gasteiger partial charge in [-0.1, -0.05) is 37.4 Å². The standard InChI is InChI=1S/C20H29ClN2OS2/c1-2-15-5-6-16(14-15)4-3-11-22-20(24)17-9-12-23(13-10-17)26-19-8-7-18(21)25-19/h3,7-8,11,15-17H,2,4-6,9-10,12-14H2,1H3,(H,22,24)/b11-3-. The van der Waals surface area contributed by atoms with E-state index in [1.54, 1.807) is 23.3 Å². The molecule has 3 rings (SSSR count). The zero-order chi connectivity index (χ0) is 18.4. The maximum Gasteiger partial charge on any atom is 0.227 e. The molecule has 3 nitrogen and oxygen atoms in total. The zero-order valence-electron chi connectivity index (χ0n) is 15.5. The fourth-order valence-corrected chi connectivity index (χ4v) is 6.39. The highest BCUT2D eigenvalue weighted by Crippen LogP contribution is 2.35. The van der Waals surface area contributed by atoms with Gasteiger partial charge in [0.25, 0.3) is 0 Å². The third kappa shape index (κ3) is 6.01. The first-order chi connectivity index (χ1) is 12.6. The van der Waals surface area contributed by atoms with Crippen LogP contribution in [0.5, 0.6) is 0 Å². The molecule has 1 saturated heterocycles. The SMILES string of the molecule is CCC1CCC(C/C=C\NC(=O)C2CCN(Sc3ccc(Cl)s3)CC2)C1. The van der Waals surface area contributed by atoms with Crippen molar-refractivity contribution in [2.75, 3.05) is 13.1 Å². The van der Waals surface area contributed by atoms with Gasteiger partial charge in [-0.15, -0.1) is 11.3 Å². The normalized spacial score (nSPS) is 25.2. The Bertz CT molecular complexity index is 611. The van der Waals surface area contributed by atoms with Crippen molar-refractivity contribution in [3.8, 4) is 0 Å². The van der Waals surface area contributed by atoms with Crippen molar-refractivity contribution < 1.29 is 4.79 Å². The topological polar surface area (TPSA) is 32.3 Å². The van der Waals surface area contributed by atoms with E-state index < -0.39 is 0 Å². The molecule has 144 valence electrons. The van der Waals surface area contributed by atoms with Crippen LogP contribution in [-0.4, -0.2) is 23.3 Å². The molecule has 2 unspecified atom stereocenters. The van der Waals surface area contributed by atoms with Crippen molar-refractivity contribution in [1.29, 1.82) is 0 Å². The molecular weight excluding hydrogens is 384 g/mol. The summed E-state index contributed by atoms with van der Waals surface area (Å²) in [7, 11) is 0. The molecule has 6 heteroatoms. The second-order valence-electron chi connectivity index (χ2n) is 7.45. The van der Waals surface area contributed by atoms with Crippen LogP contribution >= 0.6 is 34.9 Å². The summed E-state index contributed by atoms with van der Waals surface area (Å²) in [5.41, 5.74) is 0. The number of allylic oxidation sites excluding steroid dienone is 1. The van der Waals surface area contributed by atoms with Crippen LogP contribution in [0.15, 0.2) is 28.6 Å². The van der Waals surface area contributed by atoms with Crippen LogP contribution < -0.4 is 5.32 Å². The Kier molecular flexibility index (Phi) is 7.92. The van der Waals surface area contributed by atoms with Gasteiger partial charge in [-0.2, -0.15) is 0 Å². The lowest BCUT2D eigenvalue weighted by Crippen LogP contribution is -2.36. The number of carbonyl (C=O) groups excluding carboxylic acids is 1. The number of nitrogens with zero attached hydrogens (tertiary/aromatic N) is 1. The average molecular weight is 413 g/mol. The summed E-state index contributed by atoms with van der Waals surface area (Å²) in [6.07, 6.45) is 12.4. The number of carbonyl (C=O) groups is 1. The summed E-state index contributed by atoms with van der Waals surface area (Å²) < 4.78 is 4.39. The minimum atomic E-state index is 0.138. The number of piperidine rings is 1. The van der Waals surface area contributed by atoms with Crippen LogP contribution in [0, 0.1) is 17.8 Å². The van der Waals surface area contributed by atoms with Crippen molar-refractivity contribution in [3.63, 3.8) is 0 Å². The summed E-state index contributed by atoms with van der Waals surface area (Å²) >= 11 is 9.36. The number of nitrogens with one attached hydrogen (secondary N) is 1. The monoisotopic (exact) mass is 412 g/mol. The minimum absolute atomic E-state index is 0.138. The zero-order valence-corrected chi connectivity index (χ0v) is 17.8. The van der Waals surface area contributed by atoms with Gasteiger partial charge in [0.15, 0.2) is 0 Å². The maximum atomic E-state index is 12.4. The van der Waals surface area contributed by atoms with Gasteiger partial charge in [-0.05, 0) is 74.2 Å². The first kappa shape index (κ1) is 20.2. The molecule has 0 aromatic carbocycles. The van der Waals surface area contributed by atoms with Gasteiger partial charge < -0.3 is 5.32 Å². The predicted octanol–water partition coefficient (Wildman–Crippen LogP) is 5.97. The number of hydrogen-bond donors (Lipinski definition) is 1. The molecule has 1 amide bonds. The number of hydrogen-bond acceptors (Lipinski definition) is 4. The third-order valence-corrected chi connectivity index (χ3v) is 8.07. The molecular formula is C20H29ClN2OS2. The summed E-state index contributed by atoms with van der Waals surface area (Å²) in [5, 5.41) is 3.01. The highest BCUT2D eigenvalue weighted by molar-refractivity contribution is 7.99. The van der Waals surface area contributed by atoms with Crippen LogP contribution in [0.25, 0.3) is 0 Å². The van der Waals surface area contributed by atoms with E-state index in [1.807, 2.05) is 12.3 Å². The van der Waals surface area contributed by atoms with Gasteiger partial charge in [0.2, 0.25) is 5.91 Å². The van der Waals surface area contributed by atoms with Crippen LogP contribution in [0.4, 0.5) is 0 Å². The third-order valence-electron chi connectivity index (χ3n) is 5.63. The summed E-state index contributed by atoms with van der Waals surface area (Å²) in [6, 6.07) is 4.00. The number of thiophene rings is 1. The van der Waals surface area contributed by atoms with Crippen LogP contribution in [-0.2, 0) is 4.79 Å². The molecule has 1 aliphatic carbocycles. The molecule has 0 bridgehead atoms. The summed E-state index contributed by atoms with van der Waals surface area (Å²) in [6.45, 7) is 4.19. The highest BCUT2D eigenvalue weighted by Gasteiger charge is 2.25. The molecule has 2 fully saturated rings. The van der Waals surface area contributed by atoms with Crippen molar-refractivity contribution in [3.05, 3.63) is 28.7 Å². The van der Waals surface area contributed by atoms with Gasteiger partial charge in [-0.25, -0.2) is 4.31 Å². The van der Waals surface area contributed by atoms with E-state index in [1.165, 1.54) is 29.9 Å². The molecule has 1 N–H and O–H groups in total. The molecule has 1 aromatic heterocycles. The van der Waals surface area contributed by atoms with Gasteiger partial charge >= 0.3 is 0 Å². The Morgan fingerprint density at radius 2 is 2.08 bits per heavy atom. The molecule has 2 heterocycles. The number of halogens is 1. The fraction of sp³-hybridized carbons (Fsp3) is 0.650. The molecule has 2 aliphatic rings. The average Bonchev–Trinajstić information content (AvgIpc) is 3.28. The molecule has 0 spiro atoms. The number of rotatable bonds is 7. The predicted molar refractivity (Wildman–Crippen MR) is 113 cm³/mol. The second-order valence-corrected chi connectivity index (χ2v) is 10.6. The highest BCUT2D eigenvalue weighted by atomic mass is 35.5. The van der Waals surface area contributed by atoms with Crippen LogP contribution in [0.3, 0.4) is 0 Å². The molecule has 1 aliphatic heterocycles. The van der Waals surface area contributed by atoms with Crippen LogP contribution in [0.2, 0.25) is 4.34 Å². The Morgan fingerprint density at radius 3 is 2.73 bits per heavy atom. The molecule has 1 saturated carbocycles. The van der Waals surface area contributed by atoms with E-state index in [0.717, 1.165) is 48.5 Å². The Labute approximate surface area is 170 Å². The van der Waals surface area contributed by atoms with E-state index in [-0.39, 0.29) is 11.8 Å². The van der Waals surface area contributed by atoms with Crippen molar-refractivity contribution in [2.45, 2.75) is 56.1 Å². The van der Waals surface area contributed by atoms with E-state index in [0.29, 0.717) is 0 Å². The van der Waals surface area contributed by atoms with E-state index in [9.17, 15) is 4.79 Å². The summed E-state index contributed by atoms with van der Waals surface area (Å²) in [5.74, 6) is 2.07. The molecule has 26 heavy (non-hydrogen) atoms. The second kappa shape index (κ2) is 10.2. The van der Waals surface area contributed by atoms with Crippen molar-refractivity contribution in [2.24, 2.45) is 17.8 Å². The van der Waals surface area contributed by atoms with Gasteiger partial charge in [0, 0.05) is 19.0 Å². The molecule has 1 aromatic rings. The first-order valence-electron chi connectivity index (χ1n) is 9.77. The van der Waals surface area contributed by atoms with Gasteiger partial charge in [0.05, 0.1) is 8.55 Å². The summed E-state index contributed by atoms with van der Waals surface area (Å²) in [4.78, 5) is 12.4.